The van der Waals surface area contributed by atoms with Crippen molar-refractivity contribution in [1.29, 1.82) is 0 Å². The average Bonchev–Trinajstić information content (AvgIpc) is 2.20. The van der Waals surface area contributed by atoms with E-state index in [1.165, 1.54) is 19.2 Å². The zero-order valence-corrected chi connectivity index (χ0v) is 8.53. The number of ether oxygens (including phenoxy) is 2. The highest BCUT2D eigenvalue weighted by atomic mass is 16.5. The zero-order valence-electron chi connectivity index (χ0n) is 8.53. The van der Waals surface area contributed by atoms with Crippen molar-refractivity contribution in [2.75, 3.05) is 34.0 Å². The second-order valence-electron chi connectivity index (χ2n) is 2.92. The van der Waals surface area contributed by atoms with Gasteiger partial charge in [-0.1, -0.05) is 0 Å². The van der Waals surface area contributed by atoms with E-state index in [0.717, 1.165) is 25.7 Å². The van der Waals surface area contributed by atoms with Crippen LogP contribution in [0.2, 0.25) is 0 Å². The molecule has 78 valence electrons. The number of nitrogens with zero attached hydrogens (tertiary/aromatic N) is 1. The Morgan fingerprint density at radius 2 is 2.08 bits per heavy atom. The van der Waals surface area contributed by atoms with Crippen molar-refractivity contribution in [2.45, 2.75) is 12.8 Å². The molecule has 1 aliphatic heterocycles. The molecular formula is C9H20N2O2. The van der Waals surface area contributed by atoms with Gasteiger partial charge in [0.05, 0.1) is 6.34 Å². The summed E-state index contributed by atoms with van der Waals surface area (Å²) in [6.07, 6.45) is 3.60. The lowest BCUT2D eigenvalue weighted by Gasteiger charge is -2.20. The van der Waals surface area contributed by atoms with Gasteiger partial charge in [-0.3, -0.25) is 4.99 Å². The molecule has 2 N–H and O–H groups in total. The molecule has 1 aliphatic rings. The average molecular weight is 188 g/mol. The Hall–Kier alpha value is -0.610. The van der Waals surface area contributed by atoms with Gasteiger partial charge in [0, 0.05) is 34.0 Å². The first kappa shape index (κ1) is 12.4. The maximum atomic E-state index is 5.19. The lowest BCUT2D eigenvalue weighted by molar-refractivity contribution is 0.0343. The maximum absolute atomic E-state index is 5.19. The summed E-state index contributed by atoms with van der Waals surface area (Å²) in [6, 6.07) is 0. The SMILES string of the molecule is CN=CN.COCC1CCOCC1. The third kappa shape index (κ3) is 7.74. The Morgan fingerprint density at radius 3 is 2.46 bits per heavy atom. The molecule has 0 bridgehead atoms. The fourth-order valence-corrected chi connectivity index (χ4v) is 1.15. The van der Waals surface area contributed by atoms with E-state index in [1.54, 1.807) is 14.2 Å². The molecule has 0 amide bonds. The van der Waals surface area contributed by atoms with Crippen LogP contribution in [0.5, 0.6) is 0 Å². The summed E-state index contributed by atoms with van der Waals surface area (Å²) in [5.74, 6) is 0.753. The van der Waals surface area contributed by atoms with E-state index in [0.29, 0.717) is 0 Å². The molecule has 4 nitrogen and oxygen atoms in total. The Bertz CT molecular complexity index is 116. The monoisotopic (exact) mass is 188 g/mol. The van der Waals surface area contributed by atoms with Gasteiger partial charge < -0.3 is 15.2 Å². The molecule has 0 aromatic rings. The van der Waals surface area contributed by atoms with Crippen molar-refractivity contribution in [3.8, 4) is 0 Å². The molecule has 0 aromatic heterocycles. The van der Waals surface area contributed by atoms with Crippen LogP contribution in [0.4, 0.5) is 0 Å². The van der Waals surface area contributed by atoms with Crippen LogP contribution in [0.15, 0.2) is 4.99 Å². The van der Waals surface area contributed by atoms with E-state index in [9.17, 15) is 0 Å². The molecule has 0 saturated carbocycles. The van der Waals surface area contributed by atoms with Crippen LogP contribution in [0.3, 0.4) is 0 Å². The van der Waals surface area contributed by atoms with E-state index in [2.05, 4.69) is 4.99 Å². The summed E-state index contributed by atoms with van der Waals surface area (Å²) in [7, 11) is 3.38. The number of rotatable bonds is 2. The molecule has 4 heteroatoms. The van der Waals surface area contributed by atoms with Gasteiger partial charge in [-0.15, -0.1) is 0 Å². The summed E-state index contributed by atoms with van der Waals surface area (Å²) in [5.41, 5.74) is 4.74. The van der Waals surface area contributed by atoms with Gasteiger partial charge in [-0.2, -0.15) is 0 Å². The van der Waals surface area contributed by atoms with Gasteiger partial charge in [-0.25, -0.2) is 0 Å². The van der Waals surface area contributed by atoms with Crippen molar-refractivity contribution >= 4 is 6.34 Å². The number of methoxy groups -OCH3 is 1. The molecule has 0 atom stereocenters. The second-order valence-corrected chi connectivity index (χ2v) is 2.92. The summed E-state index contributed by atoms with van der Waals surface area (Å²) in [6.45, 7) is 2.76. The molecule has 0 spiro atoms. The van der Waals surface area contributed by atoms with Gasteiger partial charge in [-0.05, 0) is 18.8 Å². The Labute approximate surface area is 80.1 Å². The Balaban J connectivity index is 0.000000310. The molecule has 1 heterocycles. The van der Waals surface area contributed by atoms with Crippen molar-refractivity contribution in [3.63, 3.8) is 0 Å². The number of hydrogen-bond acceptors (Lipinski definition) is 3. The molecule has 0 aromatic carbocycles. The minimum atomic E-state index is 0.753. The highest BCUT2D eigenvalue weighted by Gasteiger charge is 2.12. The molecule has 0 unspecified atom stereocenters. The fraction of sp³-hybridized carbons (Fsp3) is 0.889. The van der Waals surface area contributed by atoms with Crippen LogP contribution in [-0.4, -0.2) is 40.3 Å². The summed E-state index contributed by atoms with van der Waals surface area (Å²) < 4.78 is 10.2. The highest BCUT2D eigenvalue weighted by Crippen LogP contribution is 2.13. The highest BCUT2D eigenvalue weighted by molar-refractivity contribution is 5.50. The predicted molar refractivity (Wildman–Crippen MR) is 54.0 cm³/mol. The third-order valence-electron chi connectivity index (χ3n) is 1.89. The van der Waals surface area contributed by atoms with Crippen LogP contribution in [0.25, 0.3) is 0 Å². The van der Waals surface area contributed by atoms with E-state index in [-0.39, 0.29) is 0 Å². The van der Waals surface area contributed by atoms with Crippen molar-refractivity contribution in [3.05, 3.63) is 0 Å². The first-order valence-electron chi connectivity index (χ1n) is 4.54. The molecule has 1 rings (SSSR count). The van der Waals surface area contributed by atoms with E-state index >= 15 is 0 Å². The molecule has 1 fully saturated rings. The van der Waals surface area contributed by atoms with Gasteiger partial charge in [0.15, 0.2) is 0 Å². The summed E-state index contributed by atoms with van der Waals surface area (Å²) >= 11 is 0. The lowest BCUT2D eigenvalue weighted by Crippen LogP contribution is -2.19. The normalized spacial score (nSPS) is 18.3. The van der Waals surface area contributed by atoms with Gasteiger partial charge in [0.25, 0.3) is 0 Å². The number of nitrogens with two attached hydrogens (primary N) is 1. The van der Waals surface area contributed by atoms with Crippen LogP contribution < -0.4 is 5.73 Å². The first-order chi connectivity index (χ1) is 6.35. The Kier molecular flexibility index (Phi) is 9.03. The molecule has 1 saturated heterocycles. The first-order valence-corrected chi connectivity index (χ1v) is 4.54. The van der Waals surface area contributed by atoms with Crippen molar-refractivity contribution in [1.82, 2.24) is 0 Å². The minimum Gasteiger partial charge on any atom is -0.390 e. The third-order valence-corrected chi connectivity index (χ3v) is 1.89. The van der Waals surface area contributed by atoms with Crippen LogP contribution >= 0.6 is 0 Å². The molecular weight excluding hydrogens is 168 g/mol. The standard InChI is InChI=1S/C7H14O2.C2H6N2/c1-8-6-7-2-4-9-5-3-7;1-4-2-3/h7H,2-6H2,1H3;2H,1H3,(H2,3,4). The zero-order chi connectivity index (χ0) is 9.94. The van der Waals surface area contributed by atoms with Gasteiger partial charge >= 0.3 is 0 Å². The fourth-order valence-electron chi connectivity index (χ4n) is 1.15. The Morgan fingerprint density at radius 1 is 1.54 bits per heavy atom. The predicted octanol–water partition coefficient (Wildman–Crippen LogP) is 0.663. The molecule has 0 aliphatic carbocycles. The maximum Gasteiger partial charge on any atom is 0.0794 e. The smallest absolute Gasteiger partial charge is 0.0794 e. The second kappa shape index (κ2) is 9.48. The van der Waals surface area contributed by atoms with Crippen LogP contribution in [0.1, 0.15) is 12.8 Å². The van der Waals surface area contributed by atoms with E-state index < -0.39 is 0 Å². The van der Waals surface area contributed by atoms with Crippen molar-refractivity contribution < 1.29 is 9.47 Å². The van der Waals surface area contributed by atoms with Crippen molar-refractivity contribution in [2.24, 2.45) is 16.6 Å². The van der Waals surface area contributed by atoms with Gasteiger partial charge in [0.1, 0.15) is 0 Å². The number of aliphatic imine (C=N–C) groups is 1. The largest absolute Gasteiger partial charge is 0.390 e. The van der Waals surface area contributed by atoms with Crippen LogP contribution in [0, 0.1) is 5.92 Å². The van der Waals surface area contributed by atoms with Crippen LogP contribution in [-0.2, 0) is 9.47 Å². The summed E-state index contributed by atoms with van der Waals surface area (Å²) in [5, 5.41) is 0. The van der Waals surface area contributed by atoms with Gasteiger partial charge in [0.2, 0.25) is 0 Å². The topological polar surface area (TPSA) is 56.8 Å². The molecule has 13 heavy (non-hydrogen) atoms. The summed E-state index contributed by atoms with van der Waals surface area (Å²) in [4.78, 5) is 3.39. The van der Waals surface area contributed by atoms with E-state index in [1.807, 2.05) is 0 Å². The van der Waals surface area contributed by atoms with E-state index in [4.69, 9.17) is 15.2 Å². The lowest BCUT2D eigenvalue weighted by atomic mass is 10.0. The number of hydrogen-bond donors (Lipinski definition) is 1. The molecule has 0 radical (unpaired) electrons. The quantitative estimate of drug-likeness (QED) is 0.511. The minimum absolute atomic E-state index is 0.753.